The lowest BCUT2D eigenvalue weighted by Gasteiger charge is -1.98. The minimum Gasteiger partial charge on any atom is -0.330 e. The second kappa shape index (κ2) is 7.05. The van der Waals surface area contributed by atoms with Crippen molar-refractivity contribution in [3.8, 4) is 0 Å². The first-order valence-corrected chi connectivity index (χ1v) is 5.67. The Balaban J connectivity index is 2.11. The lowest BCUT2D eigenvalue weighted by molar-refractivity contribution is -0.118. The SMILES string of the molecule is Cn1nnc(CC(=O)CCCCCCN)n1. The highest BCUT2D eigenvalue weighted by atomic mass is 16.1. The molecule has 0 atom stereocenters. The van der Waals surface area contributed by atoms with E-state index in [-0.39, 0.29) is 5.78 Å². The van der Waals surface area contributed by atoms with Gasteiger partial charge in [0.15, 0.2) is 5.82 Å². The van der Waals surface area contributed by atoms with Crippen LogP contribution in [0.1, 0.15) is 37.9 Å². The van der Waals surface area contributed by atoms with Crippen LogP contribution in [0, 0.1) is 0 Å². The number of aryl methyl sites for hydroxylation is 1. The topological polar surface area (TPSA) is 86.7 Å². The Morgan fingerprint density at radius 1 is 1.31 bits per heavy atom. The molecular formula is C10H19N5O. The molecule has 1 aromatic heterocycles. The van der Waals surface area contributed by atoms with Gasteiger partial charge in [-0.15, -0.1) is 10.2 Å². The number of rotatable bonds is 8. The number of unbranched alkanes of at least 4 members (excludes halogenated alkanes) is 3. The fourth-order valence-electron chi connectivity index (χ4n) is 1.48. The molecule has 6 nitrogen and oxygen atoms in total. The molecule has 1 aromatic rings. The minimum atomic E-state index is 0.181. The molecule has 0 bridgehead atoms. The van der Waals surface area contributed by atoms with Crippen LogP contribution in [0.2, 0.25) is 0 Å². The number of Topliss-reactive ketones (excluding diaryl/α,β-unsaturated/α-hetero) is 1. The Bertz CT molecular complexity index is 323. The highest BCUT2D eigenvalue weighted by molar-refractivity contribution is 5.79. The number of aromatic nitrogens is 4. The summed E-state index contributed by atoms with van der Waals surface area (Å²) in [5, 5.41) is 11.4. The fourth-order valence-corrected chi connectivity index (χ4v) is 1.48. The van der Waals surface area contributed by atoms with Gasteiger partial charge in [0.25, 0.3) is 0 Å². The number of hydrogen-bond donors (Lipinski definition) is 1. The highest BCUT2D eigenvalue weighted by Gasteiger charge is 2.07. The van der Waals surface area contributed by atoms with Crippen LogP contribution in [0.25, 0.3) is 0 Å². The molecule has 0 spiro atoms. The molecule has 0 aliphatic carbocycles. The Labute approximate surface area is 95.2 Å². The Morgan fingerprint density at radius 2 is 2.06 bits per heavy atom. The number of ketones is 1. The largest absolute Gasteiger partial charge is 0.330 e. The average molecular weight is 225 g/mol. The zero-order valence-electron chi connectivity index (χ0n) is 9.72. The van der Waals surface area contributed by atoms with Gasteiger partial charge in [-0.25, -0.2) is 0 Å². The third-order valence-corrected chi connectivity index (χ3v) is 2.31. The molecule has 0 aromatic carbocycles. The molecule has 6 heteroatoms. The quantitative estimate of drug-likeness (QED) is 0.640. The second-order valence-corrected chi connectivity index (χ2v) is 3.86. The first kappa shape index (κ1) is 12.8. The molecule has 0 fully saturated rings. The van der Waals surface area contributed by atoms with E-state index >= 15 is 0 Å². The maximum absolute atomic E-state index is 11.5. The van der Waals surface area contributed by atoms with Crippen LogP contribution in [-0.4, -0.2) is 32.5 Å². The maximum atomic E-state index is 11.5. The zero-order chi connectivity index (χ0) is 11.8. The summed E-state index contributed by atoms with van der Waals surface area (Å²) < 4.78 is 0. The monoisotopic (exact) mass is 225 g/mol. The normalized spacial score (nSPS) is 10.6. The molecule has 0 aliphatic heterocycles. The van der Waals surface area contributed by atoms with Crippen molar-refractivity contribution in [3.05, 3.63) is 5.82 Å². The van der Waals surface area contributed by atoms with E-state index in [1.165, 1.54) is 4.80 Å². The molecule has 2 N–H and O–H groups in total. The number of nitrogens with zero attached hydrogens (tertiary/aromatic N) is 4. The number of carbonyl (C=O) groups is 1. The van der Waals surface area contributed by atoms with Crippen LogP contribution in [0.15, 0.2) is 0 Å². The highest BCUT2D eigenvalue weighted by Crippen LogP contribution is 2.04. The van der Waals surface area contributed by atoms with Gasteiger partial charge in [0.1, 0.15) is 5.78 Å². The number of carbonyl (C=O) groups excluding carboxylic acids is 1. The minimum absolute atomic E-state index is 0.181. The van der Waals surface area contributed by atoms with Crippen molar-refractivity contribution in [2.45, 2.75) is 38.5 Å². The second-order valence-electron chi connectivity index (χ2n) is 3.86. The summed E-state index contributed by atoms with van der Waals surface area (Å²) in [5.41, 5.74) is 5.38. The summed E-state index contributed by atoms with van der Waals surface area (Å²) in [5.74, 6) is 0.690. The number of hydrogen-bond acceptors (Lipinski definition) is 5. The summed E-state index contributed by atoms with van der Waals surface area (Å²) in [7, 11) is 1.69. The Hall–Kier alpha value is -1.30. The number of nitrogens with two attached hydrogens (primary N) is 1. The standard InChI is InChI=1S/C10H19N5O/c1-15-13-10(12-14-15)8-9(16)6-4-2-3-5-7-11/h2-8,11H2,1H3. The molecule has 0 saturated carbocycles. The van der Waals surface area contributed by atoms with Crippen LogP contribution < -0.4 is 5.73 Å². The van der Waals surface area contributed by atoms with Crippen LogP contribution in [0.3, 0.4) is 0 Å². The van der Waals surface area contributed by atoms with E-state index in [4.69, 9.17) is 5.73 Å². The van der Waals surface area contributed by atoms with Crippen LogP contribution >= 0.6 is 0 Å². The Morgan fingerprint density at radius 3 is 2.69 bits per heavy atom. The summed E-state index contributed by atoms with van der Waals surface area (Å²) in [6.45, 7) is 0.734. The first-order valence-electron chi connectivity index (χ1n) is 5.67. The van der Waals surface area contributed by atoms with Gasteiger partial charge in [0.05, 0.1) is 13.5 Å². The molecule has 0 radical (unpaired) electrons. The van der Waals surface area contributed by atoms with E-state index < -0.39 is 0 Å². The molecule has 16 heavy (non-hydrogen) atoms. The molecule has 0 saturated heterocycles. The van der Waals surface area contributed by atoms with Gasteiger partial charge in [-0.1, -0.05) is 12.8 Å². The van der Waals surface area contributed by atoms with Crippen molar-refractivity contribution in [1.82, 2.24) is 20.2 Å². The van der Waals surface area contributed by atoms with E-state index in [0.717, 1.165) is 32.2 Å². The van der Waals surface area contributed by atoms with Gasteiger partial charge in [-0.2, -0.15) is 4.80 Å². The van der Waals surface area contributed by atoms with E-state index in [1.807, 2.05) is 0 Å². The molecular weight excluding hydrogens is 206 g/mol. The molecule has 90 valence electrons. The smallest absolute Gasteiger partial charge is 0.182 e. The average Bonchev–Trinajstić information content (AvgIpc) is 2.63. The summed E-state index contributed by atoms with van der Waals surface area (Å²) in [4.78, 5) is 12.9. The third kappa shape index (κ3) is 4.97. The summed E-state index contributed by atoms with van der Waals surface area (Å²) >= 11 is 0. The summed E-state index contributed by atoms with van der Waals surface area (Å²) in [6, 6.07) is 0. The first-order chi connectivity index (χ1) is 7.72. The van der Waals surface area contributed by atoms with Crippen molar-refractivity contribution >= 4 is 5.78 Å². The predicted molar refractivity (Wildman–Crippen MR) is 59.6 cm³/mol. The zero-order valence-corrected chi connectivity index (χ0v) is 9.72. The van der Waals surface area contributed by atoms with Gasteiger partial charge in [0.2, 0.25) is 0 Å². The molecule has 0 aliphatic rings. The van der Waals surface area contributed by atoms with Crippen molar-refractivity contribution in [3.63, 3.8) is 0 Å². The lowest BCUT2D eigenvalue weighted by atomic mass is 10.1. The molecule has 0 unspecified atom stereocenters. The van der Waals surface area contributed by atoms with Gasteiger partial charge in [-0.05, 0) is 24.6 Å². The van der Waals surface area contributed by atoms with Gasteiger partial charge in [-0.3, -0.25) is 4.79 Å². The van der Waals surface area contributed by atoms with Gasteiger partial charge >= 0.3 is 0 Å². The fraction of sp³-hybridized carbons (Fsp3) is 0.800. The van der Waals surface area contributed by atoms with Crippen molar-refractivity contribution < 1.29 is 4.79 Å². The van der Waals surface area contributed by atoms with E-state index in [0.29, 0.717) is 18.7 Å². The lowest BCUT2D eigenvalue weighted by Crippen LogP contribution is -2.05. The number of tetrazole rings is 1. The van der Waals surface area contributed by atoms with Gasteiger partial charge < -0.3 is 5.73 Å². The van der Waals surface area contributed by atoms with E-state index in [1.54, 1.807) is 7.05 Å². The summed E-state index contributed by atoms with van der Waals surface area (Å²) in [6.07, 6.45) is 5.04. The van der Waals surface area contributed by atoms with Crippen LogP contribution in [0.5, 0.6) is 0 Å². The van der Waals surface area contributed by atoms with Crippen LogP contribution in [-0.2, 0) is 18.3 Å². The molecule has 1 heterocycles. The third-order valence-electron chi connectivity index (χ3n) is 2.31. The van der Waals surface area contributed by atoms with Gasteiger partial charge in [0, 0.05) is 6.42 Å². The molecule has 0 amide bonds. The van der Waals surface area contributed by atoms with Crippen molar-refractivity contribution in [2.24, 2.45) is 12.8 Å². The van der Waals surface area contributed by atoms with E-state index in [9.17, 15) is 4.79 Å². The van der Waals surface area contributed by atoms with Crippen LogP contribution in [0.4, 0.5) is 0 Å². The molecule has 1 rings (SSSR count). The maximum Gasteiger partial charge on any atom is 0.182 e. The van der Waals surface area contributed by atoms with E-state index in [2.05, 4.69) is 15.4 Å². The van der Waals surface area contributed by atoms with Crippen molar-refractivity contribution in [2.75, 3.05) is 6.54 Å². The van der Waals surface area contributed by atoms with Crippen molar-refractivity contribution in [1.29, 1.82) is 0 Å². The Kier molecular flexibility index (Phi) is 5.63. The predicted octanol–water partition coefficient (Wildman–Crippen LogP) is 0.231.